The number of ether oxygens (including phenoxy) is 3. The summed E-state index contributed by atoms with van der Waals surface area (Å²) >= 11 is 0. The third-order valence-electron chi connectivity index (χ3n) is 3.65. The first kappa shape index (κ1) is 17.4. The number of hydrogen-bond donors (Lipinski definition) is 0. The van der Waals surface area contributed by atoms with Gasteiger partial charge in [0.2, 0.25) is 0 Å². The summed E-state index contributed by atoms with van der Waals surface area (Å²) in [5.74, 6) is -0.791. The molecule has 0 aliphatic carbocycles. The summed E-state index contributed by atoms with van der Waals surface area (Å²) in [5.41, 5.74) is 0. The number of carbonyl (C=O) groups is 3. The van der Waals surface area contributed by atoms with Crippen LogP contribution in [0, 0.1) is 0 Å². The second-order valence-corrected chi connectivity index (χ2v) is 5.69. The maximum absolute atomic E-state index is 11.7. The maximum Gasteiger partial charge on any atom is 0.308 e. The summed E-state index contributed by atoms with van der Waals surface area (Å²) in [7, 11) is 0. The number of carbonyl (C=O) groups excluding carboxylic acids is 3. The number of benzene rings is 3. The summed E-state index contributed by atoms with van der Waals surface area (Å²) in [4.78, 5) is 34.6. The predicted octanol–water partition coefficient (Wildman–Crippen LogP) is 3.77. The van der Waals surface area contributed by atoms with Gasteiger partial charge in [-0.15, -0.1) is 0 Å². The molecule has 0 bridgehead atoms. The van der Waals surface area contributed by atoms with Gasteiger partial charge in [-0.1, -0.05) is 24.3 Å². The van der Waals surface area contributed by atoms with Gasteiger partial charge in [0.1, 0.15) is 17.2 Å². The Bertz CT molecular complexity index is 1050. The number of esters is 3. The molecule has 3 aromatic carbocycles. The van der Waals surface area contributed by atoms with E-state index >= 15 is 0 Å². The summed E-state index contributed by atoms with van der Waals surface area (Å²) in [6.07, 6.45) is 0. The molecule has 0 aromatic heterocycles. The molecule has 132 valence electrons. The van der Waals surface area contributed by atoms with E-state index in [2.05, 4.69) is 0 Å². The van der Waals surface area contributed by atoms with Gasteiger partial charge in [0, 0.05) is 31.5 Å². The van der Waals surface area contributed by atoms with Crippen molar-refractivity contribution in [3.05, 3.63) is 42.5 Å². The molecule has 0 saturated carbocycles. The van der Waals surface area contributed by atoms with Crippen molar-refractivity contribution in [2.45, 2.75) is 20.8 Å². The van der Waals surface area contributed by atoms with Crippen molar-refractivity contribution in [2.75, 3.05) is 0 Å². The Kier molecular flexibility index (Phi) is 4.58. The molecule has 0 unspecified atom stereocenters. The van der Waals surface area contributed by atoms with Crippen molar-refractivity contribution in [1.82, 2.24) is 0 Å². The van der Waals surface area contributed by atoms with Gasteiger partial charge in [-0.3, -0.25) is 14.4 Å². The van der Waals surface area contributed by atoms with Crippen LogP contribution in [-0.2, 0) is 14.4 Å². The Morgan fingerprint density at radius 1 is 0.692 bits per heavy atom. The van der Waals surface area contributed by atoms with E-state index in [1.54, 1.807) is 12.1 Å². The normalized spacial score (nSPS) is 10.6. The minimum Gasteiger partial charge on any atom is -0.426 e. The van der Waals surface area contributed by atoms with E-state index < -0.39 is 17.9 Å². The third-order valence-corrected chi connectivity index (χ3v) is 3.65. The standard InChI is InChI=1S/C20H16O6/c1-11(21)24-17-8-9-18(25-12(2)22)19-16(17)10-14-6-4-5-7-15(14)20(19)26-13(3)23/h4-10H,1-3H3. The largest absolute Gasteiger partial charge is 0.426 e. The fraction of sp³-hybridized carbons (Fsp3) is 0.150. The van der Waals surface area contributed by atoms with Crippen LogP contribution in [0.5, 0.6) is 17.2 Å². The van der Waals surface area contributed by atoms with Gasteiger partial charge < -0.3 is 14.2 Å². The van der Waals surface area contributed by atoms with Crippen molar-refractivity contribution in [2.24, 2.45) is 0 Å². The van der Waals surface area contributed by atoms with Crippen molar-refractivity contribution < 1.29 is 28.6 Å². The van der Waals surface area contributed by atoms with Gasteiger partial charge in [-0.2, -0.15) is 0 Å². The minimum atomic E-state index is -0.520. The molecule has 26 heavy (non-hydrogen) atoms. The number of rotatable bonds is 3. The molecule has 0 amide bonds. The first-order chi connectivity index (χ1) is 12.4. The van der Waals surface area contributed by atoms with Crippen molar-refractivity contribution in [3.8, 4) is 17.2 Å². The zero-order chi connectivity index (χ0) is 18.8. The van der Waals surface area contributed by atoms with Crippen molar-refractivity contribution in [3.63, 3.8) is 0 Å². The fourth-order valence-corrected chi connectivity index (χ4v) is 2.81. The number of hydrogen-bond acceptors (Lipinski definition) is 6. The van der Waals surface area contributed by atoms with Crippen LogP contribution in [-0.4, -0.2) is 17.9 Å². The Morgan fingerprint density at radius 3 is 1.92 bits per heavy atom. The van der Waals surface area contributed by atoms with Crippen molar-refractivity contribution >= 4 is 39.5 Å². The summed E-state index contributed by atoms with van der Waals surface area (Å²) in [6, 6.07) is 12.1. The highest BCUT2D eigenvalue weighted by Gasteiger charge is 2.20. The first-order valence-electron chi connectivity index (χ1n) is 7.90. The molecule has 6 nitrogen and oxygen atoms in total. The second-order valence-electron chi connectivity index (χ2n) is 5.69. The summed E-state index contributed by atoms with van der Waals surface area (Å²) < 4.78 is 16.0. The quantitative estimate of drug-likeness (QED) is 0.406. The lowest BCUT2D eigenvalue weighted by molar-refractivity contribution is -0.133. The first-order valence-corrected chi connectivity index (χ1v) is 7.90. The van der Waals surface area contributed by atoms with E-state index in [0.29, 0.717) is 16.2 Å². The van der Waals surface area contributed by atoms with E-state index in [1.165, 1.54) is 32.9 Å². The van der Waals surface area contributed by atoms with Gasteiger partial charge in [0.15, 0.2) is 0 Å². The maximum atomic E-state index is 11.7. The zero-order valence-electron chi connectivity index (χ0n) is 14.5. The van der Waals surface area contributed by atoms with Crippen LogP contribution in [0.2, 0.25) is 0 Å². The summed E-state index contributed by atoms with van der Waals surface area (Å²) in [6.45, 7) is 3.85. The monoisotopic (exact) mass is 352 g/mol. The van der Waals surface area contributed by atoms with Crippen LogP contribution in [0.4, 0.5) is 0 Å². The SMILES string of the molecule is CC(=O)Oc1ccc(OC(C)=O)c2c(OC(C)=O)c3ccccc3cc12. The van der Waals surface area contributed by atoms with Crippen LogP contribution < -0.4 is 14.2 Å². The molecule has 0 radical (unpaired) electrons. The molecule has 0 spiro atoms. The highest BCUT2D eigenvalue weighted by atomic mass is 16.5. The molecule has 6 heteroatoms. The van der Waals surface area contributed by atoms with Gasteiger partial charge in [0.05, 0.1) is 5.39 Å². The van der Waals surface area contributed by atoms with E-state index in [1.807, 2.05) is 18.2 Å². The molecule has 0 fully saturated rings. The highest BCUT2D eigenvalue weighted by Crippen LogP contribution is 2.44. The average Bonchev–Trinajstić information content (AvgIpc) is 2.55. The molecular formula is C20H16O6. The average molecular weight is 352 g/mol. The molecule has 0 N–H and O–H groups in total. The smallest absolute Gasteiger partial charge is 0.308 e. The summed E-state index contributed by atoms with van der Waals surface area (Å²) in [5, 5.41) is 2.33. The molecule has 0 heterocycles. The van der Waals surface area contributed by atoms with Crippen LogP contribution in [0.3, 0.4) is 0 Å². The van der Waals surface area contributed by atoms with Gasteiger partial charge >= 0.3 is 17.9 Å². The molecule has 3 rings (SSSR count). The van der Waals surface area contributed by atoms with Crippen LogP contribution >= 0.6 is 0 Å². The molecular weight excluding hydrogens is 336 g/mol. The molecule has 0 saturated heterocycles. The Morgan fingerprint density at radius 2 is 1.27 bits per heavy atom. The van der Waals surface area contributed by atoms with Crippen LogP contribution in [0.15, 0.2) is 42.5 Å². The lowest BCUT2D eigenvalue weighted by atomic mass is 10.0. The Balaban J connectivity index is 2.46. The van der Waals surface area contributed by atoms with E-state index in [4.69, 9.17) is 14.2 Å². The lowest BCUT2D eigenvalue weighted by Gasteiger charge is -2.16. The van der Waals surface area contributed by atoms with Crippen molar-refractivity contribution in [1.29, 1.82) is 0 Å². The van der Waals surface area contributed by atoms with Gasteiger partial charge in [-0.05, 0) is 23.6 Å². The fourth-order valence-electron chi connectivity index (χ4n) is 2.81. The van der Waals surface area contributed by atoms with Crippen LogP contribution in [0.1, 0.15) is 20.8 Å². The Labute approximate surface area is 149 Å². The Hall–Kier alpha value is -3.41. The molecule has 0 atom stereocenters. The molecule has 3 aromatic rings. The lowest BCUT2D eigenvalue weighted by Crippen LogP contribution is -2.07. The predicted molar refractivity (Wildman–Crippen MR) is 95.4 cm³/mol. The molecule has 0 aliphatic heterocycles. The van der Waals surface area contributed by atoms with E-state index in [0.717, 1.165) is 5.39 Å². The second kappa shape index (κ2) is 6.84. The third kappa shape index (κ3) is 3.35. The zero-order valence-corrected chi connectivity index (χ0v) is 14.5. The van der Waals surface area contributed by atoms with E-state index in [-0.39, 0.29) is 17.2 Å². The number of fused-ring (bicyclic) bond motifs is 2. The van der Waals surface area contributed by atoms with E-state index in [9.17, 15) is 14.4 Å². The minimum absolute atomic E-state index is 0.213. The topological polar surface area (TPSA) is 78.9 Å². The van der Waals surface area contributed by atoms with Crippen LogP contribution in [0.25, 0.3) is 21.5 Å². The molecule has 0 aliphatic rings. The van der Waals surface area contributed by atoms with Gasteiger partial charge in [-0.25, -0.2) is 0 Å². The van der Waals surface area contributed by atoms with Gasteiger partial charge in [0.25, 0.3) is 0 Å². The highest BCUT2D eigenvalue weighted by molar-refractivity contribution is 6.11.